The molecule has 0 amide bonds. The van der Waals surface area contributed by atoms with E-state index in [0.717, 1.165) is 10.1 Å². The molecule has 1 aromatic heterocycles. The van der Waals surface area contributed by atoms with E-state index in [2.05, 4.69) is 0 Å². The van der Waals surface area contributed by atoms with Gasteiger partial charge >= 0.3 is 17.8 Å². The Morgan fingerprint density at radius 3 is 2.00 bits per heavy atom. The molecule has 4 aromatic rings. The number of alkyl halides is 3. The number of aliphatic carboxylic acids is 1. The molecule has 0 aliphatic heterocycles. The smallest absolute Gasteiger partial charge is 0.475 e. The first kappa shape index (κ1) is 30.0. The van der Waals surface area contributed by atoms with Gasteiger partial charge in [0.05, 0.1) is 18.7 Å². The van der Waals surface area contributed by atoms with Crippen LogP contribution in [0.2, 0.25) is 0 Å². The van der Waals surface area contributed by atoms with Gasteiger partial charge in [-0.15, -0.1) is 0 Å². The zero-order chi connectivity index (χ0) is 29.6. The normalized spacial score (nSPS) is 11.9. The van der Waals surface area contributed by atoms with Crippen LogP contribution in [0.4, 0.5) is 22.0 Å². The maximum atomic E-state index is 14.7. The molecule has 0 spiro atoms. The largest absolute Gasteiger partial charge is 0.490 e. The van der Waals surface area contributed by atoms with Crippen molar-refractivity contribution in [1.29, 1.82) is 0 Å². The summed E-state index contributed by atoms with van der Waals surface area (Å²) >= 11 is 0. The summed E-state index contributed by atoms with van der Waals surface area (Å²) in [4.78, 5) is 35.8. The number of benzene rings is 3. The van der Waals surface area contributed by atoms with E-state index in [1.165, 1.54) is 34.9 Å². The Kier molecular flexibility index (Phi) is 9.38. The highest BCUT2D eigenvalue weighted by molar-refractivity contribution is 5.73. The highest BCUT2D eigenvalue weighted by Crippen LogP contribution is 2.23. The van der Waals surface area contributed by atoms with E-state index in [-0.39, 0.29) is 24.2 Å². The van der Waals surface area contributed by atoms with E-state index in [4.69, 9.17) is 15.6 Å². The zero-order valence-electron chi connectivity index (χ0n) is 21.0. The molecule has 1 atom stereocenters. The third-order valence-electron chi connectivity index (χ3n) is 5.93. The second-order valence-corrected chi connectivity index (χ2v) is 8.67. The molecule has 1 heterocycles. The molecule has 7 nitrogen and oxygen atoms in total. The summed E-state index contributed by atoms with van der Waals surface area (Å²) in [6.45, 7) is 1.62. The van der Waals surface area contributed by atoms with E-state index < -0.39 is 41.1 Å². The summed E-state index contributed by atoms with van der Waals surface area (Å²) in [6.07, 6.45) is -5.08. The van der Waals surface area contributed by atoms with E-state index in [0.29, 0.717) is 11.3 Å². The molecule has 3 aromatic carbocycles. The molecule has 3 N–H and O–H groups in total. The first-order chi connectivity index (χ1) is 18.8. The van der Waals surface area contributed by atoms with Crippen molar-refractivity contribution in [3.8, 4) is 11.1 Å². The van der Waals surface area contributed by atoms with Crippen molar-refractivity contribution in [1.82, 2.24) is 9.13 Å². The number of carboxylic acid groups (broad SMARTS) is 1. The summed E-state index contributed by atoms with van der Waals surface area (Å²) < 4.78 is 62.2. The Balaban J connectivity index is 0.000000559. The Bertz CT molecular complexity index is 1600. The SMILES string of the molecule is Cc1c(-c2ccccc2F)c(=O)n(C[C@H](N)c2ccccc2)c(=O)n1Cc1ccc(F)cc1.O=C(O)C(F)(F)F. The van der Waals surface area contributed by atoms with Gasteiger partial charge in [0.2, 0.25) is 0 Å². The molecule has 12 heteroatoms. The van der Waals surface area contributed by atoms with Crippen LogP contribution < -0.4 is 17.0 Å². The quantitative estimate of drug-likeness (QED) is 0.334. The second-order valence-electron chi connectivity index (χ2n) is 8.67. The molecule has 0 saturated heterocycles. The average Bonchev–Trinajstić information content (AvgIpc) is 2.91. The van der Waals surface area contributed by atoms with Crippen LogP contribution in [0, 0.1) is 18.6 Å². The molecule has 210 valence electrons. The van der Waals surface area contributed by atoms with Crippen molar-refractivity contribution in [3.63, 3.8) is 0 Å². The van der Waals surface area contributed by atoms with Crippen molar-refractivity contribution in [2.75, 3.05) is 0 Å². The third kappa shape index (κ3) is 7.08. The fourth-order valence-electron chi connectivity index (χ4n) is 3.90. The number of carboxylic acids is 1. The highest BCUT2D eigenvalue weighted by Gasteiger charge is 2.38. The molecule has 0 saturated carbocycles. The van der Waals surface area contributed by atoms with Crippen LogP contribution in [0.25, 0.3) is 11.1 Å². The van der Waals surface area contributed by atoms with E-state index in [9.17, 15) is 31.5 Å². The van der Waals surface area contributed by atoms with Crippen LogP contribution in [-0.2, 0) is 17.9 Å². The summed E-state index contributed by atoms with van der Waals surface area (Å²) in [6, 6.07) is 20.2. The predicted molar refractivity (Wildman–Crippen MR) is 138 cm³/mol. The van der Waals surface area contributed by atoms with Gasteiger partial charge < -0.3 is 10.8 Å². The van der Waals surface area contributed by atoms with E-state index >= 15 is 0 Å². The molecule has 40 heavy (non-hydrogen) atoms. The van der Waals surface area contributed by atoms with Crippen LogP contribution in [0.3, 0.4) is 0 Å². The van der Waals surface area contributed by atoms with Crippen LogP contribution in [0.1, 0.15) is 22.9 Å². The molecule has 0 bridgehead atoms. The topological polar surface area (TPSA) is 107 Å². The Hall–Kier alpha value is -4.58. The van der Waals surface area contributed by atoms with Gasteiger partial charge in [-0.2, -0.15) is 13.2 Å². The predicted octanol–water partition coefficient (Wildman–Crippen LogP) is 4.65. The monoisotopic (exact) mass is 561 g/mol. The summed E-state index contributed by atoms with van der Waals surface area (Å²) in [5, 5.41) is 7.12. The van der Waals surface area contributed by atoms with Crippen LogP contribution in [0.5, 0.6) is 0 Å². The van der Waals surface area contributed by atoms with Crippen LogP contribution in [-0.4, -0.2) is 26.4 Å². The standard InChI is InChI=1S/C26H23F2N3O2.C2HF3O2/c1-17-24(21-9-5-6-10-22(21)28)25(32)31(16-23(29)19-7-3-2-4-8-19)26(33)30(17)15-18-11-13-20(27)14-12-18;3-2(4,5)1(6)7/h2-14,23H,15-16,29H2,1H3;(H,6,7)/t23-;/m0./s1. The lowest BCUT2D eigenvalue weighted by Crippen LogP contribution is -2.44. The number of hydrogen-bond acceptors (Lipinski definition) is 4. The number of nitrogens with zero attached hydrogens (tertiary/aromatic N) is 2. The molecule has 0 unspecified atom stereocenters. The number of nitrogens with two attached hydrogens (primary N) is 1. The first-order valence-electron chi connectivity index (χ1n) is 11.8. The fraction of sp³-hybridized carbons (Fsp3) is 0.179. The maximum Gasteiger partial charge on any atom is 0.490 e. The van der Waals surface area contributed by atoms with Crippen molar-refractivity contribution in [2.45, 2.75) is 32.2 Å². The minimum absolute atomic E-state index is 0.0766. The van der Waals surface area contributed by atoms with Crippen molar-refractivity contribution < 1.29 is 31.9 Å². The third-order valence-corrected chi connectivity index (χ3v) is 5.93. The molecule has 0 fully saturated rings. The molecular weight excluding hydrogens is 537 g/mol. The zero-order valence-corrected chi connectivity index (χ0v) is 21.0. The Morgan fingerprint density at radius 1 is 0.900 bits per heavy atom. The summed E-state index contributed by atoms with van der Waals surface area (Å²) in [7, 11) is 0. The lowest BCUT2D eigenvalue weighted by Gasteiger charge is -2.20. The van der Waals surface area contributed by atoms with Crippen LogP contribution in [0.15, 0.2) is 88.5 Å². The van der Waals surface area contributed by atoms with Crippen molar-refractivity contribution in [3.05, 3.63) is 128 Å². The molecule has 0 radical (unpaired) electrons. The molecule has 0 aliphatic carbocycles. The second kappa shape index (κ2) is 12.5. The lowest BCUT2D eigenvalue weighted by molar-refractivity contribution is -0.192. The molecular formula is C28H24F5N3O4. The highest BCUT2D eigenvalue weighted by atomic mass is 19.4. The van der Waals surface area contributed by atoms with Crippen LogP contribution >= 0.6 is 0 Å². The van der Waals surface area contributed by atoms with Gasteiger partial charge in [-0.05, 0) is 36.2 Å². The number of halogens is 5. The minimum atomic E-state index is -5.08. The minimum Gasteiger partial charge on any atom is -0.475 e. The lowest BCUT2D eigenvalue weighted by atomic mass is 10.0. The van der Waals surface area contributed by atoms with Gasteiger partial charge in [0.25, 0.3) is 5.56 Å². The molecule has 4 rings (SSSR count). The number of hydrogen-bond donors (Lipinski definition) is 2. The fourth-order valence-corrected chi connectivity index (χ4v) is 3.90. The van der Waals surface area contributed by atoms with Gasteiger partial charge in [0.15, 0.2) is 0 Å². The van der Waals surface area contributed by atoms with Gasteiger partial charge in [-0.25, -0.2) is 18.4 Å². The first-order valence-corrected chi connectivity index (χ1v) is 11.8. The van der Waals surface area contributed by atoms with Gasteiger partial charge in [0.1, 0.15) is 11.6 Å². The summed E-state index contributed by atoms with van der Waals surface area (Å²) in [5.41, 5.74) is 7.10. The number of carbonyl (C=O) groups is 1. The van der Waals surface area contributed by atoms with Gasteiger partial charge in [0, 0.05) is 17.3 Å². The van der Waals surface area contributed by atoms with E-state index in [1.807, 2.05) is 30.3 Å². The Morgan fingerprint density at radius 2 is 1.45 bits per heavy atom. The molecule has 0 aliphatic rings. The average molecular weight is 562 g/mol. The Labute approximate surface area is 224 Å². The van der Waals surface area contributed by atoms with Gasteiger partial charge in [-0.3, -0.25) is 13.9 Å². The summed E-state index contributed by atoms with van der Waals surface area (Å²) in [5.74, 6) is -3.72. The van der Waals surface area contributed by atoms with E-state index in [1.54, 1.807) is 25.1 Å². The maximum absolute atomic E-state index is 14.7. The van der Waals surface area contributed by atoms with Crippen molar-refractivity contribution >= 4 is 5.97 Å². The van der Waals surface area contributed by atoms with Gasteiger partial charge in [-0.1, -0.05) is 60.7 Å². The number of rotatable bonds is 6. The van der Waals surface area contributed by atoms with Crippen molar-refractivity contribution in [2.24, 2.45) is 5.73 Å². The number of aromatic nitrogens is 2.